The molecular formula is C16H18N4. The summed E-state index contributed by atoms with van der Waals surface area (Å²) in [6.07, 6.45) is 2.34. The Morgan fingerprint density at radius 2 is 1.80 bits per heavy atom. The van der Waals surface area contributed by atoms with E-state index in [1.807, 2.05) is 6.07 Å². The van der Waals surface area contributed by atoms with Crippen molar-refractivity contribution >= 4 is 5.82 Å². The molecule has 0 fully saturated rings. The first-order valence-corrected chi connectivity index (χ1v) is 6.63. The van der Waals surface area contributed by atoms with Crippen molar-refractivity contribution in [1.82, 2.24) is 9.97 Å². The number of aryl methyl sites for hydroxylation is 3. The molecule has 2 aromatic rings. The van der Waals surface area contributed by atoms with Gasteiger partial charge in [0.2, 0.25) is 0 Å². The van der Waals surface area contributed by atoms with Crippen molar-refractivity contribution < 1.29 is 0 Å². The van der Waals surface area contributed by atoms with Crippen LogP contribution in [0.15, 0.2) is 24.5 Å². The normalized spacial score (nSPS) is 10.1. The van der Waals surface area contributed by atoms with E-state index in [9.17, 15) is 0 Å². The van der Waals surface area contributed by atoms with Gasteiger partial charge in [0.25, 0.3) is 0 Å². The molecule has 1 aromatic heterocycles. The van der Waals surface area contributed by atoms with Gasteiger partial charge in [-0.3, -0.25) is 0 Å². The van der Waals surface area contributed by atoms with Crippen molar-refractivity contribution in [2.75, 3.05) is 11.9 Å². The summed E-state index contributed by atoms with van der Waals surface area (Å²) in [5, 5.41) is 12.0. The summed E-state index contributed by atoms with van der Waals surface area (Å²) >= 11 is 0. The molecule has 20 heavy (non-hydrogen) atoms. The molecule has 0 aliphatic rings. The number of nitriles is 1. The van der Waals surface area contributed by atoms with E-state index in [0.29, 0.717) is 11.5 Å². The third-order valence-corrected chi connectivity index (χ3v) is 3.30. The van der Waals surface area contributed by atoms with Gasteiger partial charge in [-0.25, -0.2) is 9.97 Å². The highest BCUT2D eigenvalue weighted by Gasteiger charge is 2.04. The van der Waals surface area contributed by atoms with E-state index in [1.54, 1.807) is 6.07 Å². The molecule has 0 atom stereocenters. The Kier molecular flexibility index (Phi) is 4.31. The van der Waals surface area contributed by atoms with Crippen molar-refractivity contribution in [3.05, 3.63) is 52.5 Å². The second-order valence-electron chi connectivity index (χ2n) is 4.95. The number of nitrogens with zero attached hydrogens (tertiary/aromatic N) is 3. The van der Waals surface area contributed by atoms with Crippen LogP contribution in [0, 0.1) is 32.1 Å². The van der Waals surface area contributed by atoms with E-state index in [0.717, 1.165) is 13.0 Å². The fourth-order valence-corrected chi connectivity index (χ4v) is 2.43. The number of aromatic nitrogens is 2. The molecule has 0 bridgehead atoms. The number of anilines is 1. The number of hydrogen-bond acceptors (Lipinski definition) is 4. The smallest absolute Gasteiger partial charge is 0.145 e. The van der Waals surface area contributed by atoms with Gasteiger partial charge in [0, 0.05) is 12.6 Å². The third kappa shape index (κ3) is 3.33. The van der Waals surface area contributed by atoms with Gasteiger partial charge in [-0.05, 0) is 43.9 Å². The molecule has 0 spiro atoms. The maximum absolute atomic E-state index is 8.80. The van der Waals surface area contributed by atoms with Crippen LogP contribution in [0.1, 0.15) is 27.9 Å². The van der Waals surface area contributed by atoms with Crippen LogP contribution in [-0.4, -0.2) is 16.5 Å². The molecule has 0 aliphatic heterocycles. The highest BCUT2D eigenvalue weighted by molar-refractivity contribution is 5.41. The number of hydrogen-bond donors (Lipinski definition) is 1. The highest BCUT2D eigenvalue weighted by atomic mass is 15.0. The molecule has 0 radical (unpaired) electrons. The first-order chi connectivity index (χ1) is 9.60. The van der Waals surface area contributed by atoms with Gasteiger partial charge in [-0.15, -0.1) is 0 Å². The van der Waals surface area contributed by atoms with Crippen molar-refractivity contribution in [2.24, 2.45) is 0 Å². The van der Waals surface area contributed by atoms with Crippen molar-refractivity contribution in [2.45, 2.75) is 27.2 Å². The van der Waals surface area contributed by atoms with Crippen molar-refractivity contribution in [3.8, 4) is 6.07 Å². The Labute approximate surface area is 119 Å². The maximum atomic E-state index is 8.80. The second kappa shape index (κ2) is 6.16. The fraction of sp³-hybridized carbons (Fsp3) is 0.312. The van der Waals surface area contributed by atoms with Gasteiger partial charge in [-0.2, -0.15) is 5.26 Å². The molecule has 0 unspecified atom stereocenters. The number of nitrogens with one attached hydrogen (secondary N) is 1. The summed E-state index contributed by atoms with van der Waals surface area (Å²) in [5.74, 6) is 0.693. The quantitative estimate of drug-likeness (QED) is 0.924. The molecule has 0 saturated carbocycles. The molecule has 0 amide bonds. The predicted molar refractivity (Wildman–Crippen MR) is 79.6 cm³/mol. The van der Waals surface area contributed by atoms with E-state index >= 15 is 0 Å². The standard InChI is InChI=1S/C16H18N4/c1-11-6-12(2)15(13(3)7-11)4-5-18-16-8-14(9-17)19-10-20-16/h6-8,10H,4-5H2,1-3H3,(H,18,19,20). The van der Waals surface area contributed by atoms with E-state index in [2.05, 4.69) is 48.2 Å². The van der Waals surface area contributed by atoms with E-state index in [-0.39, 0.29) is 0 Å². The number of benzene rings is 1. The summed E-state index contributed by atoms with van der Waals surface area (Å²) in [7, 11) is 0. The predicted octanol–water partition coefficient (Wildman–Crippen LogP) is 2.93. The average molecular weight is 266 g/mol. The van der Waals surface area contributed by atoms with Crippen LogP contribution in [0.25, 0.3) is 0 Å². The Morgan fingerprint density at radius 3 is 2.45 bits per heavy atom. The summed E-state index contributed by atoms with van der Waals surface area (Å²) in [6.45, 7) is 7.20. The van der Waals surface area contributed by atoms with Crippen molar-refractivity contribution in [1.29, 1.82) is 5.26 Å². The minimum atomic E-state index is 0.380. The molecule has 4 heteroatoms. The second-order valence-corrected chi connectivity index (χ2v) is 4.95. The van der Waals surface area contributed by atoms with Crippen LogP contribution in [-0.2, 0) is 6.42 Å². The molecule has 102 valence electrons. The molecule has 4 nitrogen and oxygen atoms in total. The topological polar surface area (TPSA) is 61.6 Å². The van der Waals surface area contributed by atoms with E-state index in [4.69, 9.17) is 5.26 Å². The zero-order chi connectivity index (χ0) is 14.5. The van der Waals surface area contributed by atoms with Crippen molar-refractivity contribution in [3.63, 3.8) is 0 Å². The molecule has 0 aliphatic carbocycles. The molecule has 1 aromatic carbocycles. The largest absolute Gasteiger partial charge is 0.370 e. The zero-order valence-corrected chi connectivity index (χ0v) is 12.1. The fourth-order valence-electron chi connectivity index (χ4n) is 2.43. The summed E-state index contributed by atoms with van der Waals surface area (Å²) in [4.78, 5) is 7.95. The lowest BCUT2D eigenvalue weighted by atomic mass is 9.97. The minimum Gasteiger partial charge on any atom is -0.370 e. The van der Waals surface area contributed by atoms with Crippen LogP contribution in [0.3, 0.4) is 0 Å². The Bertz CT molecular complexity index is 633. The molecule has 1 N–H and O–H groups in total. The first kappa shape index (κ1) is 14.0. The van der Waals surface area contributed by atoms with Gasteiger partial charge in [0.1, 0.15) is 23.9 Å². The monoisotopic (exact) mass is 266 g/mol. The average Bonchev–Trinajstić information content (AvgIpc) is 2.42. The third-order valence-electron chi connectivity index (χ3n) is 3.30. The molecular weight excluding hydrogens is 248 g/mol. The van der Waals surface area contributed by atoms with Gasteiger partial charge in [-0.1, -0.05) is 17.7 Å². The van der Waals surface area contributed by atoms with Crippen LogP contribution in [0.2, 0.25) is 0 Å². The van der Waals surface area contributed by atoms with Crippen LogP contribution >= 0.6 is 0 Å². The first-order valence-electron chi connectivity index (χ1n) is 6.63. The van der Waals surface area contributed by atoms with Gasteiger partial charge in [0.05, 0.1) is 0 Å². The number of rotatable bonds is 4. The molecule has 1 heterocycles. The lowest BCUT2D eigenvalue weighted by Gasteiger charge is -2.12. The van der Waals surface area contributed by atoms with Crippen LogP contribution in [0.5, 0.6) is 0 Å². The van der Waals surface area contributed by atoms with Crippen LogP contribution < -0.4 is 5.32 Å². The van der Waals surface area contributed by atoms with Crippen LogP contribution in [0.4, 0.5) is 5.82 Å². The summed E-state index contributed by atoms with van der Waals surface area (Å²) in [5.41, 5.74) is 5.70. The maximum Gasteiger partial charge on any atom is 0.145 e. The molecule has 0 saturated heterocycles. The van der Waals surface area contributed by atoms with Gasteiger partial charge < -0.3 is 5.32 Å². The summed E-state index contributed by atoms with van der Waals surface area (Å²) in [6, 6.07) is 8.09. The summed E-state index contributed by atoms with van der Waals surface area (Å²) < 4.78 is 0. The van der Waals surface area contributed by atoms with E-state index < -0.39 is 0 Å². The minimum absolute atomic E-state index is 0.380. The lowest BCUT2D eigenvalue weighted by Crippen LogP contribution is -2.09. The zero-order valence-electron chi connectivity index (χ0n) is 12.1. The highest BCUT2D eigenvalue weighted by Crippen LogP contribution is 2.17. The van der Waals surface area contributed by atoms with Gasteiger partial charge in [0.15, 0.2) is 0 Å². The lowest BCUT2D eigenvalue weighted by molar-refractivity contribution is 0.972. The van der Waals surface area contributed by atoms with Gasteiger partial charge >= 0.3 is 0 Å². The Balaban J connectivity index is 2.01. The Morgan fingerprint density at radius 1 is 1.10 bits per heavy atom. The van der Waals surface area contributed by atoms with E-state index in [1.165, 1.54) is 28.6 Å². The SMILES string of the molecule is Cc1cc(C)c(CCNc2cc(C#N)ncn2)c(C)c1. The molecule has 2 rings (SSSR count). The Hall–Kier alpha value is -2.41.